The SMILES string of the molecule is Cc1ccc(N(CCn2cccn2)CC(=O)O)cc1. The molecule has 0 amide bonds. The predicted molar refractivity (Wildman–Crippen MR) is 73.3 cm³/mol. The Bertz CT molecular complexity index is 520. The summed E-state index contributed by atoms with van der Waals surface area (Å²) < 4.78 is 1.79. The Kier molecular flexibility index (Phi) is 4.18. The third-order valence-electron chi connectivity index (χ3n) is 2.88. The molecular weight excluding hydrogens is 242 g/mol. The Morgan fingerprint density at radius 1 is 1.37 bits per heavy atom. The van der Waals surface area contributed by atoms with Gasteiger partial charge in [-0.25, -0.2) is 0 Å². The van der Waals surface area contributed by atoms with Crippen molar-refractivity contribution in [1.82, 2.24) is 9.78 Å². The molecule has 0 unspecified atom stereocenters. The van der Waals surface area contributed by atoms with Crippen molar-refractivity contribution >= 4 is 11.7 Å². The zero-order valence-electron chi connectivity index (χ0n) is 10.9. The van der Waals surface area contributed by atoms with Crippen LogP contribution in [0.1, 0.15) is 5.56 Å². The third kappa shape index (κ3) is 3.84. The smallest absolute Gasteiger partial charge is 0.323 e. The fourth-order valence-electron chi connectivity index (χ4n) is 1.87. The summed E-state index contributed by atoms with van der Waals surface area (Å²) in [5.41, 5.74) is 2.08. The average Bonchev–Trinajstić information content (AvgIpc) is 2.88. The third-order valence-corrected chi connectivity index (χ3v) is 2.88. The van der Waals surface area contributed by atoms with Crippen LogP contribution in [0.25, 0.3) is 0 Å². The first kappa shape index (κ1) is 13.1. The number of hydrogen-bond donors (Lipinski definition) is 1. The first-order valence-corrected chi connectivity index (χ1v) is 6.16. The summed E-state index contributed by atoms with van der Waals surface area (Å²) in [6.45, 7) is 3.27. The number of benzene rings is 1. The fourth-order valence-corrected chi connectivity index (χ4v) is 1.87. The van der Waals surface area contributed by atoms with Gasteiger partial charge in [-0.15, -0.1) is 0 Å². The van der Waals surface area contributed by atoms with Crippen LogP contribution in [-0.4, -0.2) is 33.9 Å². The molecule has 0 aliphatic rings. The number of rotatable bonds is 6. The van der Waals surface area contributed by atoms with E-state index in [0.29, 0.717) is 13.1 Å². The largest absolute Gasteiger partial charge is 0.480 e. The number of aliphatic carboxylic acids is 1. The van der Waals surface area contributed by atoms with Crippen LogP contribution in [-0.2, 0) is 11.3 Å². The summed E-state index contributed by atoms with van der Waals surface area (Å²) in [6.07, 6.45) is 3.58. The van der Waals surface area contributed by atoms with Crippen molar-refractivity contribution in [3.05, 3.63) is 48.3 Å². The lowest BCUT2D eigenvalue weighted by Gasteiger charge is -2.23. The monoisotopic (exact) mass is 259 g/mol. The molecule has 19 heavy (non-hydrogen) atoms. The first-order valence-electron chi connectivity index (χ1n) is 6.16. The Hall–Kier alpha value is -2.30. The minimum atomic E-state index is -0.832. The van der Waals surface area contributed by atoms with Gasteiger partial charge in [-0.1, -0.05) is 17.7 Å². The molecule has 0 bridgehead atoms. The molecule has 100 valence electrons. The molecule has 0 aliphatic carbocycles. The highest BCUT2D eigenvalue weighted by atomic mass is 16.4. The summed E-state index contributed by atoms with van der Waals surface area (Å²) >= 11 is 0. The maximum absolute atomic E-state index is 10.9. The molecule has 1 aromatic heterocycles. The highest BCUT2D eigenvalue weighted by molar-refractivity contribution is 5.73. The van der Waals surface area contributed by atoms with Crippen LogP contribution in [0.2, 0.25) is 0 Å². The van der Waals surface area contributed by atoms with E-state index in [4.69, 9.17) is 5.11 Å². The van der Waals surface area contributed by atoms with Crippen LogP contribution >= 0.6 is 0 Å². The van der Waals surface area contributed by atoms with E-state index in [1.165, 1.54) is 0 Å². The number of carboxylic acid groups (broad SMARTS) is 1. The van der Waals surface area contributed by atoms with Gasteiger partial charge < -0.3 is 10.0 Å². The molecule has 0 saturated carbocycles. The van der Waals surface area contributed by atoms with Crippen molar-refractivity contribution in [2.24, 2.45) is 0 Å². The van der Waals surface area contributed by atoms with Crippen LogP contribution < -0.4 is 4.90 Å². The van der Waals surface area contributed by atoms with Gasteiger partial charge in [-0.3, -0.25) is 9.48 Å². The number of carbonyl (C=O) groups is 1. The summed E-state index contributed by atoms with van der Waals surface area (Å²) in [4.78, 5) is 12.8. The molecule has 5 heteroatoms. The van der Waals surface area contributed by atoms with E-state index in [0.717, 1.165) is 11.3 Å². The molecular formula is C14H17N3O2. The van der Waals surface area contributed by atoms with E-state index in [1.54, 1.807) is 10.9 Å². The fraction of sp³-hybridized carbons (Fsp3) is 0.286. The number of aromatic nitrogens is 2. The van der Waals surface area contributed by atoms with Crippen molar-refractivity contribution in [3.8, 4) is 0 Å². The van der Waals surface area contributed by atoms with Crippen LogP contribution in [0, 0.1) is 6.92 Å². The second-order valence-corrected chi connectivity index (χ2v) is 4.42. The molecule has 0 spiro atoms. The lowest BCUT2D eigenvalue weighted by Crippen LogP contribution is -2.32. The van der Waals surface area contributed by atoms with E-state index in [-0.39, 0.29) is 6.54 Å². The Balaban J connectivity index is 2.06. The summed E-state index contributed by atoms with van der Waals surface area (Å²) in [6, 6.07) is 9.71. The number of nitrogens with zero attached hydrogens (tertiary/aromatic N) is 3. The molecule has 0 radical (unpaired) electrons. The van der Waals surface area contributed by atoms with Crippen molar-refractivity contribution in [3.63, 3.8) is 0 Å². The quantitative estimate of drug-likeness (QED) is 0.859. The number of anilines is 1. The lowest BCUT2D eigenvalue weighted by molar-refractivity contribution is -0.135. The second kappa shape index (κ2) is 6.04. The van der Waals surface area contributed by atoms with Crippen LogP contribution in [0.3, 0.4) is 0 Å². The van der Waals surface area contributed by atoms with Gasteiger partial charge in [0.1, 0.15) is 6.54 Å². The predicted octanol–water partition coefficient (Wildman–Crippen LogP) is 1.78. The normalized spacial score (nSPS) is 10.4. The van der Waals surface area contributed by atoms with Gasteiger partial charge in [-0.2, -0.15) is 5.10 Å². The molecule has 2 rings (SSSR count). The summed E-state index contributed by atoms with van der Waals surface area (Å²) in [7, 11) is 0. The number of hydrogen-bond acceptors (Lipinski definition) is 3. The van der Waals surface area contributed by atoms with Crippen molar-refractivity contribution < 1.29 is 9.90 Å². The maximum Gasteiger partial charge on any atom is 0.323 e. The number of aryl methyl sites for hydroxylation is 1. The van der Waals surface area contributed by atoms with Crippen LogP contribution in [0.5, 0.6) is 0 Å². The first-order chi connectivity index (χ1) is 9.15. The molecule has 2 aromatic rings. The maximum atomic E-state index is 10.9. The summed E-state index contributed by atoms with van der Waals surface area (Å²) in [5, 5.41) is 13.1. The van der Waals surface area contributed by atoms with E-state index < -0.39 is 5.97 Å². The molecule has 0 atom stereocenters. The minimum Gasteiger partial charge on any atom is -0.480 e. The molecule has 0 fully saturated rings. The van der Waals surface area contributed by atoms with E-state index in [9.17, 15) is 4.79 Å². The van der Waals surface area contributed by atoms with Gasteiger partial charge >= 0.3 is 5.97 Å². The van der Waals surface area contributed by atoms with Gasteiger partial charge in [0.15, 0.2) is 0 Å². The molecule has 0 saturated heterocycles. The van der Waals surface area contributed by atoms with Crippen molar-refractivity contribution in [2.75, 3.05) is 18.0 Å². The van der Waals surface area contributed by atoms with Crippen LogP contribution in [0.15, 0.2) is 42.7 Å². The number of carboxylic acids is 1. The van der Waals surface area contributed by atoms with Gasteiger partial charge in [0.2, 0.25) is 0 Å². The molecule has 1 heterocycles. The van der Waals surface area contributed by atoms with Gasteiger partial charge in [0, 0.05) is 24.6 Å². The van der Waals surface area contributed by atoms with Crippen molar-refractivity contribution in [2.45, 2.75) is 13.5 Å². The van der Waals surface area contributed by atoms with Crippen molar-refractivity contribution in [1.29, 1.82) is 0 Å². The van der Waals surface area contributed by atoms with Crippen LogP contribution in [0.4, 0.5) is 5.69 Å². The zero-order valence-corrected chi connectivity index (χ0v) is 10.9. The minimum absolute atomic E-state index is 0.00959. The lowest BCUT2D eigenvalue weighted by atomic mass is 10.2. The highest BCUT2D eigenvalue weighted by Crippen LogP contribution is 2.14. The Morgan fingerprint density at radius 2 is 2.11 bits per heavy atom. The average molecular weight is 259 g/mol. The standard InChI is InChI=1S/C14H17N3O2/c1-12-3-5-13(6-4-12)16(11-14(18)19)9-10-17-8-2-7-15-17/h2-8H,9-11H2,1H3,(H,18,19). The Labute approximate surface area is 112 Å². The highest BCUT2D eigenvalue weighted by Gasteiger charge is 2.10. The molecule has 1 N–H and O–H groups in total. The van der Waals surface area contributed by atoms with E-state index >= 15 is 0 Å². The topological polar surface area (TPSA) is 58.4 Å². The Morgan fingerprint density at radius 3 is 2.68 bits per heavy atom. The molecule has 5 nitrogen and oxygen atoms in total. The van der Waals surface area contributed by atoms with E-state index in [1.807, 2.05) is 48.4 Å². The molecule has 0 aliphatic heterocycles. The van der Waals surface area contributed by atoms with Gasteiger partial charge in [-0.05, 0) is 25.1 Å². The van der Waals surface area contributed by atoms with Gasteiger partial charge in [0.05, 0.1) is 6.54 Å². The van der Waals surface area contributed by atoms with Gasteiger partial charge in [0.25, 0.3) is 0 Å². The summed E-state index contributed by atoms with van der Waals surface area (Å²) in [5.74, 6) is -0.832. The second-order valence-electron chi connectivity index (χ2n) is 4.42. The van der Waals surface area contributed by atoms with E-state index in [2.05, 4.69) is 5.10 Å². The zero-order chi connectivity index (χ0) is 13.7. The molecule has 1 aromatic carbocycles.